The summed E-state index contributed by atoms with van der Waals surface area (Å²) in [4.78, 5) is 14.0. The predicted molar refractivity (Wildman–Crippen MR) is 82.0 cm³/mol. The Morgan fingerprint density at radius 1 is 1.35 bits per heavy atom. The fourth-order valence-corrected chi connectivity index (χ4v) is 2.92. The first-order valence-corrected chi connectivity index (χ1v) is 7.26. The fraction of sp³-hybridized carbons (Fsp3) is 0.562. The van der Waals surface area contributed by atoms with Crippen LogP contribution in [0.3, 0.4) is 0 Å². The molecule has 0 aromatic heterocycles. The molecule has 1 aromatic rings. The van der Waals surface area contributed by atoms with Gasteiger partial charge in [-0.25, -0.2) is 4.79 Å². The van der Waals surface area contributed by atoms with Crippen molar-refractivity contribution in [2.24, 2.45) is 11.8 Å². The molecular formula is C16H24N2O2. The highest BCUT2D eigenvalue weighted by atomic mass is 16.5. The van der Waals surface area contributed by atoms with Gasteiger partial charge in [-0.1, -0.05) is 19.9 Å². The molecule has 4 heteroatoms. The second-order valence-corrected chi connectivity index (χ2v) is 5.80. The van der Waals surface area contributed by atoms with E-state index in [9.17, 15) is 4.79 Å². The van der Waals surface area contributed by atoms with Crippen LogP contribution >= 0.6 is 0 Å². The monoisotopic (exact) mass is 276 g/mol. The maximum Gasteiger partial charge on any atom is 0.340 e. The van der Waals surface area contributed by atoms with Crippen LogP contribution in [0.15, 0.2) is 18.2 Å². The Bertz CT molecular complexity index is 477. The largest absolute Gasteiger partial charge is 0.465 e. The average molecular weight is 276 g/mol. The molecule has 1 fully saturated rings. The third-order valence-corrected chi connectivity index (χ3v) is 4.31. The lowest BCUT2D eigenvalue weighted by molar-refractivity contribution is 0.0602. The second kappa shape index (κ2) is 6.16. The molecule has 1 saturated heterocycles. The number of nitrogens with zero attached hydrogens (tertiary/aromatic N) is 1. The maximum absolute atomic E-state index is 11.7. The smallest absolute Gasteiger partial charge is 0.340 e. The summed E-state index contributed by atoms with van der Waals surface area (Å²) in [5.74, 6) is 1.15. The summed E-state index contributed by atoms with van der Waals surface area (Å²) in [6.45, 7) is 6.56. The number of ether oxygens (including phenoxy) is 1. The van der Waals surface area contributed by atoms with Gasteiger partial charge in [0.1, 0.15) is 0 Å². The van der Waals surface area contributed by atoms with E-state index in [1.165, 1.54) is 20.0 Å². The Labute approximate surface area is 120 Å². The molecule has 0 aliphatic carbocycles. The summed E-state index contributed by atoms with van der Waals surface area (Å²) in [5, 5.41) is 0. The van der Waals surface area contributed by atoms with Gasteiger partial charge in [-0.15, -0.1) is 0 Å². The summed E-state index contributed by atoms with van der Waals surface area (Å²) in [7, 11) is 1.38. The number of anilines is 2. The van der Waals surface area contributed by atoms with Crippen LogP contribution in [-0.2, 0) is 4.74 Å². The molecule has 0 bridgehead atoms. The van der Waals surface area contributed by atoms with Crippen molar-refractivity contribution in [3.8, 4) is 0 Å². The third kappa shape index (κ3) is 2.89. The topological polar surface area (TPSA) is 55.6 Å². The van der Waals surface area contributed by atoms with Crippen LogP contribution in [0, 0.1) is 11.8 Å². The van der Waals surface area contributed by atoms with E-state index in [2.05, 4.69) is 18.7 Å². The lowest BCUT2D eigenvalue weighted by Gasteiger charge is -2.36. The van der Waals surface area contributed by atoms with E-state index < -0.39 is 0 Å². The average Bonchev–Trinajstić information content (AvgIpc) is 2.47. The molecule has 2 rings (SSSR count). The zero-order valence-electron chi connectivity index (χ0n) is 12.6. The predicted octanol–water partition coefficient (Wildman–Crippen LogP) is 2.93. The second-order valence-electron chi connectivity index (χ2n) is 5.80. The van der Waals surface area contributed by atoms with Crippen LogP contribution in [0.2, 0.25) is 0 Å². The molecular weight excluding hydrogens is 252 g/mol. The van der Waals surface area contributed by atoms with Gasteiger partial charge >= 0.3 is 5.97 Å². The number of rotatable bonds is 3. The van der Waals surface area contributed by atoms with Gasteiger partial charge in [0.05, 0.1) is 24.0 Å². The maximum atomic E-state index is 11.7. The van der Waals surface area contributed by atoms with Crippen LogP contribution < -0.4 is 10.6 Å². The molecule has 110 valence electrons. The molecule has 4 nitrogen and oxygen atoms in total. The number of esters is 1. The van der Waals surface area contributed by atoms with Gasteiger partial charge in [0, 0.05) is 13.1 Å². The van der Waals surface area contributed by atoms with Crippen LogP contribution in [0.25, 0.3) is 0 Å². The van der Waals surface area contributed by atoms with E-state index in [4.69, 9.17) is 10.5 Å². The van der Waals surface area contributed by atoms with Crippen molar-refractivity contribution >= 4 is 17.3 Å². The van der Waals surface area contributed by atoms with Gasteiger partial charge in [0.15, 0.2) is 0 Å². The van der Waals surface area contributed by atoms with Crippen molar-refractivity contribution in [1.82, 2.24) is 0 Å². The normalized spacial score (nSPS) is 16.5. The molecule has 0 atom stereocenters. The quantitative estimate of drug-likeness (QED) is 0.681. The zero-order valence-corrected chi connectivity index (χ0v) is 12.6. The van der Waals surface area contributed by atoms with E-state index >= 15 is 0 Å². The summed E-state index contributed by atoms with van der Waals surface area (Å²) in [5.41, 5.74) is 8.08. The van der Waals surface area contributed by atoms with Gasteiger partial charge in [-0.2, -0.15) is 0 Å². The Morgan fingerprint density at radius 3 is 2.55 bits per heavy atom. The van der Waals surface area contributed by atoms with Gasteiger partial charge in [-0.05, 0) is 36.8 Å². The fourth-order valence-electron chi connectivity index (χ4n) is 2.92. The van der Waals surface area contributed by atoms with Gasteiger partial charge < -0.3 is 15.4 Å². The van der Waals surface area contributed by atoms with Crippen molar-refractivity contribution in [3.63, 3.8) is 0 Å². The zero-order chi connectivity index (χ0) is 14.7. The third-order valence-electron chi connectivity index (χ3n) is 4.31. The minimum Gasteiger partial charge on any atom is -0.465 e. The number of carbonyl (C=O) groups is 1. The molecule has 0 unspecified atom stereocenters. The molecule has 1 aliphatic heterocycles. The molecule has 2 N–H and O–H groups in total. The highest BCUT2D eigenvalue weighted by molar-refractivity contribution is 5.98. The summed E-state index contributed by atoms with van der Waals surface area (Å²) in [6, 6.07) is 5.56. The molecule has 0 radical (unpaired) electrons. The van der Waals surface area contributed by atoms with Crippen LogP contribution in [-0.4, -0.2) is 26.2 Å². The van der Waals surface area contributed by atoms with E-state index in [0.29, 0.717) is 11.3 Å². The lowest BCUT2D eigenvalue weighted by Crippen LogP contribution is -2.35. The van der Waals surface area contributed by atoms with Crippen LogP contribution in [0.4, 0.5) is 11.4 Å². The van der Waals surface area contributed by atoms with E-state index in [1.807, 2.05) is 12.1 Å². The highest BCUT2D eigenvalue weighted by Gasteiger charge is 2.24. The summed E-state index contributed by atoms with van der Waals surface area (Å²) >= 11 is 0. The number of hydrogen-bond donors (Lipinski definition) is 1. The van der Waals surface area contributed by atoms with Gasteiger partial charge in [0.2, 0.25) is 0 Å². The van der Waals surface area contributed by atoms with E-state index in [1.54, 1.807) is 6.07 Å². The lowest BCUT2D eigenvalue weighted by atomic mass is 9.86. The highest BCUT2D eigenvalue weighted by Crippen LogP contribution is 2.32. The Hall–Kier alpha value is -1.71. The van der Waals surface area contributed by atoms with Crippen molar-refractivity contribution < 1.29 is 9.53 Å². The van der Waals surface area contributed by atoms with Crippen LogP contribution in [0.1, 0.15) is 37.0 Å². The summed E-state index contributed by atoms with van der Waals surface area (Å²) < 4.78 is 4.77. The van der Waals surface area contributed by atoms with Crippen molar-refractivity contribution in [3.05, 3.63) is 23.8 Å². The Kier molecular flexibility index (Phi) is 4.53. The number of nitrogens with two attached hydrogens (primary N) is 1. The molecule has 0 amide bonds. The number of carbonyl (C=O) groups excluding carboxylic acids is 1. The SMILES string of the molecule is COC(=O)c1cccc(N2CCC(C(C)C)CC2)c1N. The first-order valence-electron chi connectivity index (χ1n) is 7.26. The molecule has 1 aliphatic rings. The Morgan fingerprint density at radius 2 is 2.00 bits per heavy atom. The standard InChI is InChI=1S/C16H24N2O2/c1-11(2)12-7-9-18(10-8-12)14-6-4-5-13(15(14)17)16(19)20-3/h4-6,11-12H,7-10,17H2,1-3H3. The number of benzene rings is 1. The van der Waals surface area contributed by atoms with E-state index in [0.717, 1.165) is 30.6 Å². The van der Waals surface area contributed by atoms with Crippen molar-refractivity contribution in [2.75, 3.05) is 30.8 Å². The number of methoxy groups -OCH3 is 1. The van der Waals surface area contributed by atoms with Gasteiger partial charge in [0.25, 0.3) is 0 Å². The van der Waals surface area contributed by atoms with E-state index in [-0.39, 0.29) is 5.97 Å². The minimum atomic E-state index is -0.374. The van der Waals surface area contributed by atoms with Gasteiger partial charge in [-0.3, -0.25) is 0 Å². The number of hydrogen-bond acceptors (Lipinski definition) is 4. The van der Waals surface area contributed by atoms with Crippen molar-refractivity contribution in [2.45, 2.75) is 26.7 Å². The number of para-hydroxylation sites is 1. The Balaban J connectivity index is 2.16. The van der Waals surface area contributed by atoms with Crippen LogP contribution in [0.5, 0.6) is 0 Å². The first kappa shape index (κ1) is 14.7. The molecule has 0 spiro atoms. The van der Waals surface area contributed by atoms with Crippen molar-refractivity contribution in [1.29, 1.82) is 0 Å². The number of nitrogen functional groups attached to an aromatic ring is 1. The molecule has 1 aromatic carbocycles. The molecule has 20 heavy (non-hydrogen) atoms. The minimum absolute atomic E-state index is 0.374. The summed E-state index contributed by atoms with van der Waals surface area (Å²) in [6.07, 6.45) is 2.36. The molecule has 0 saturated carbocycles. The first-order chi connectivity index (χ1) is 9.54. The number of piperidine rings is 1. The molecule has 1 heterocycles.